The van der Waals surface area contributed by atoms with Crippen LogP contribution in [0.25, 0.3) is 0 Å². The van der Waals surface area contributed by atoms with Crippen LogP contribution in [-0.4, -0.2) is 37.1 Å². The lowest BCUT2D eigenvalue weighted by Gasteiger charge is -2.37. The predicted octanol–water partition coefficient (Wildman–Crippen LogP) is 3.03. The first kappa shape index (κ1) is 13.4. The van der Waals surface area contributed by atoms with Gasteiger partial charge in [0.05, 0.1) is 0 Å². The van der Waals surface area contributed by atoms with E-state index in [2.05, 4.69) is 24.2 Å². The fraction of sp³-hybridized carbons (Fsp3) is 1.00. The van der Waals surface area contributed by atoms with E-state index in [-0.39, 0.29) is 0 Å². The molecule has 0 aromatic carbocycles. The molecule has 0 bridgehead atoms. The summed E-state index contributed by atoms with van der Waals surface area (Å²) in [4.78, 5) is 2.64. The number of piperidine rings is 1. The summed E-state index contributed by atoms with van der Waals surface area (Å²) in [5.41, 5.74) is 0. The van der Waals surface area contributed by atoms with Crippen molar-refractivity contribution in [3.8, 4) is 0 Å². The van der Waals surface area contributed by atoms with Crippen molar-refractivity contribution < 1.29 is 0 Å². The maximum atomic E-state index is 3.66. The summed E-state index contributed by atoms with van der Waals surface area (Å²) in [6.07, 6.45) is 11.3. The first-order valence-electron chi connectivity index (χ1n) is 7.71. The van der Waals surface area contributed by atoms with E-state index in [1.54, 1.807) is 0 Å². The molecule has 0 spiro atoms. The molecular formula is C15H30N2. The van der Waals surface area contributed by atoms with E-state index in [0.717, 1.165) is 18.0 Å². The molecule has 1 saturated heterocycles. The Morgan fingerprint density at radius 2 is 1.82 bits per heavy atom. The fourth-order valence-corrected chi connectivity index (χ4v) is 3.65. The largest absolute Gasteiger partial charge is 0.314 e. The monoisotopic (exact) mass is 238 g/mol. The van der Waals surface area contributed by atoms with Crippen LogP contribution in [0.2, 0.25) is 0 Å². The van der Waals surface area contributed by atoms with E-state index in [1.165, 1.54) is 64.5 Å². The van der Waals surface area contributed by atoms with E-state index < -0.39 is 0 Å². The van der Waals surface area contributed by atoms with Crippen LogP contribution in [0, 0.1) is 5.92 Å². The SMILES string of the molecule is CC1CCCCC1N(C)CCC1CCCCN1. The molecule has 2 rings (SSSR count). The van der Waals surface area contributed by atoms with E-state index in [0.29, 0.717) is 0 Å². The summed E-state index contributed by atoms with van der Waals surface area (Å²) in [5, 5.41) is 3.66. The van der Waals surface area contributed by atoms with Gasteiger partial charge in [-0.3, -0.25) is 0 Å². The normalized spacial score (nSPS) is 35.1. The Labute approximate surface area is 107 Å². The Morgan fingerprint density at radius 3 is 2.53 bits per heavy atom. The van der Waals surface area contributed by atoms with E-state index in [4.69, 9.17) is 0 Å². The highest BCUT2D eigenvalue weighted by Gasteiger charge is 2.25. The van der Waals surface area contributed by atoms with Gasteiger partial charge in [0.15, 0.2) is 0 Å². The van der Waals surface area contributed by atoms with Crippen molar-refractivity contribution in [2.75, 3.05) is 20.1 Å². The van der Waals surface area contributed by atoms with E-state index >= 15 is 0 Å². The summed E-state index contributed by atoms with van der Waals surface area (Å²) >= 11 is 0. The molecule has 0 aromatic heterocycles. The number of rotatable bonds is 4. The zero-order valence-corrected chi connectivity index (χ0v) is 11.8. The summed E-state index contributed by atoms with van der Waals surface area (Å²) in [6, 6.07) is 1.65. The summed E-state index contributed by atoms with van der Waals surface area (Å²) in [7, 11) is 2.34. The lowest BCUT2D eigenvalue weighted by Crippen LogP contribution is -2.42. The van der Waals surface area contributed by atoms with Crippen LogP contribution in [0.5, 0.6) is 0 Å². The van der Waals surface area contributed by atoms with Crippen LogP contribution >= 0.6 is 0 Å². The molecule has 1 aliphatic heterocycles. The quantitative estimate of drug-likeness (QED) is 0.810. The van der Waals surface area contributed by atoms with Crippen LogP contribution in [0.1, 0.15) is 58.3 Å². The lowest BCUT2D eigenvalue weighted by molar-refractivity contribution is 0.132. The van der Waals surface area contributed by atoms with Gasteiger partial charge in [-0.2, -0.15) is 0 Å². The molecule has 100 valence electrons. The summed E-state index contributed by atoms with van der Waals surface area (Å²) in [6.45, 7) is 4.97. The third-order valence-electron chi connectivity index (χ3n) is 4.88. The molecule has 1 N–H and O–H groups in total. The number of nitrogens with zero attached hydrogens (tertiary/aromatic N) is 1. The van der Waals surface area contributed by atoms with Gasteiger partial charge in [0.2, 0.25) is 0 Å². The van der Waals surface area contributed by atoms with Crippen LogP contribution in [0.15, 0.2) is 0 Å². The van der Waals surface area contributed by atoms with Gasteiger partial charge in [-0.25, -0.2) is 0 Å². The summed E-state index contributed by atoms with van der Waals surface area (Å²) < 4.78 is 0. The topological polar surface area (TPSA) is 15.3 Å². The predicted molar refractivity (Wildman–Crippen MR) is 74.3 cm³/mol. The zero-order chi connectivity index (χ0) is 12.1. The zero-order valence-electron chi connectivity index (χ0n) is 11.8. The van der Waals surface area contributed by atoms with Gasteiger partial charge in [-0.15, -0.1) is 0 Å². The van der Waals surface area contributed by atoms with Gasteiger partial charge >= 0.3 is 0 Å². The molecule has 2 aliphatic rings. The van der Waals surface area contributed by atoms with Crippen molar-refractivity contribution in [1.82, 2.24) is 10.2 Å². The van der Waals surface area contributed by atoms with Gasteiger partial charge in [-0.05, 0) is 58.2 Å². The lowest BCUT2D eigenvalue weighted by atomic mass is 9.85. The van der Waals surface area contributed by atoms with Gasteiger partial charge in [0.1, 0.15) is 0 Å². The van der Waals surface area contributed by atoms with Crippen molar-refractivity contribution in [1.29, 1.82) is 0 Å². The number of nitrogens with one attached hydrogen (secondary N) is 1. The van der Waals surface area contributed by atoms with Gasteiger partial charge in [0, 0.05) is 12.1 Å². The molecule has 2 nitrogen and oxygen atoms in total. The van der Waals surface area contributed by atoms with E-state index in [1.807, 2.05) is 0 Å². The Hall–Kier alpha value is -0.0800. The maximum Gasteiger partial charge on any atom is 0.0118 e. The molecule has 2 heteroatoms. The third kappa shape index (κ3) is 3.96. The molecule has 3 atom stereocenters. The molecule has 0 aromatic rings. The number of hydrogen-bond donors (Lipinski definition) is 1. The smallest absolute Gasteiger partial charge is 0.0118 e. The third-order valence-corrected chi connectivity index (χ3v) is 4.88. The molecule has 0 amide bonds. The molecule has 2 fully saturated rings. The van der Waals surface area contributed by atoms with E-state index in [9.17, 15) is 0 Å². The van der Waals surface area contributed by atoms with Crippen molar-refractivity contribution in [3.05, 3.63) is 0 Å². The molecule has 3 unspecified atom stereocenters. The number of hydrogen-bond acceptors (Lipinski definition) is 2. The first-order valence-corrected chi connectivity index (χ1v) is 7.71. The average Bonchev–Trinajstić information content (AvgIpc) is 2.38. The Bertz CT molecular complexity index is 211. The highest BCUT2D eigenvalue weighted by molar-refractivity contribution is 4.81. The van der Waals surface area contributed by atoms with Crippen LogP contribution in [0.4, 0.5) is 0 Å². The van der Waals surface area contributed by atoms with Gasteiger partial charge in [0.25, 0.3) is 0 Å². The second-order valence-electron chi connectivity index (χ2n) is 6.25. The average molecular weight is 238 g/mol. The molecular weight excluding hydrogens is 208 g/mol. The molecule has 0 radical (unpaired) electrons. The highest BCUT2D eigenvalue weighted by atomic mass is 15.1. The standard InChI is InChI=1S/C15H30N2/c1-13-7-3-4-9-15(13)17(2)12-10-14-8-5-6-11-16-14/h13-16H,3-12H2,1-2H3. The second-order valence-corrected chi connectivity index (χ2v) is 6.25. The Kier molecular flexibility index (Phi) is 5.30. The minimum atomic E-state index is 0.796. The van der Waals surface area contributed by atoms with Crippen LogP contribution in [-0.2, 0) is 0 Å². The summed E-state index contributed by atoms with van der Waals surface area (Å²) in [5.74, 6) is 0.910. The highest BCUT2D eigenvalue weighted by Crippen LogP contribution is 2.27. The molecule has 1 aliphatic carbocycles. The minimum absolute atomic E-state index is 0.796. The first-order chi connectivity index (χ1) is 8.27. The fourth-order valence-electron chi connectivity index (χ4n) is 3.65. The van der Waals surface area contributed by atoms with Crippen molar-refractivity contribution in [2.45, 2.75) is 70.4 Å². The maximum absolute atomic E-state index is 3.66. The van der Waals surface area contributed by atoms with Crippen LogP contribution in [0.3, 0.4) is 0 Å². The van der Waals surface area contributed by atoms with Crippen LogP contribution < -0.4 is 5.32 Å². The molecule has 17 heavy (non-hydrogen) atoms. The minimum Gasteiger partial charge on any atom is -0.314 e. The van der Waals surface area contributed by atoms with Gasteiger partial charge in [-0.1, -0.05) is 26.2 Å². The van der Waals surface area contributed by atoms with Crippen molar-refractivity contribution in [2.24, 2.45) is 5.92 Å². The Morgan fingerprint density at radius 1 is 1.06 bits per heavy atom. The van der Waals surface area contributed by atoms with Crippen molar-refractivity contribution in [3.63, 3.8) is 0 Å². The molecule has 1 heterocycles. The Balaban J connectivity index is 1.70. The van der Waals surface area contributed by atoms with Crippen molar-refractivity contribution >= 4 is 0 Å². The molecule has 1 saturated carbocycles. The van der Waals surface area contributed by atoms with Gasteiger partial charge < -0.3 is 10.2 Å². The second kappa shape index (κ2) is 6.75.